The molecule has 0 bridgehead atoms. The molecule has 1 aliphatic heterocycles. The van der Waals surface area contributed by atoms with Gasteiger partial charge in [-0.05, 0) is 54.6 Å². The molecule has 5 aromatic rings. The number of halogens is 4. The largest absolute Gasteiger partial charge is 0.496 e. The number of likely N-dealkylation sites (N-methyl/N-ethyl adjacent to an activating group) is 1. The number of rotatable bonds is 9. The number of ketones is 1. The summed E-state index contributed by atoms with van der Waals surface area (Å²) in [4.78, 5) is 60.2. The van der Waals surface area contributed by atoms with E-state index in [4.69, 9.17) is 9.84 Å². The highest BCUT2D eigenvalue weighted by Gasteiger charge is 2.39. The number of alkyl halides is 3. The summed E-state index contributed by atoms with van der Waals surface area (Å²) >= 11 is 1.21. The molecule has 1 amide bonds. The predicted octanol–water partition coefficient (Wildman–Crippen LogP) is 5.24. The van der Waals surface area contributed by atoms with E-state index in [1.165, 1.54) is 36.9 Å². The molecular formula is C35H32F4N6O6S. The standard InChI is InChI=1S/C31H29FN6O3S.C4H3F3O3/c1-36-13-15-37(16-14-36)22-9-6-20(7-10-22)21-8-11-25-23(18-21)30(40)38(19-34-25)28(29(39)35-31-33-12-17-42-31)27-24(32)4-3-5-26(27)41-2;5-4(6,7)2(8)1-3(9)10/h3-12,17-19,28H,13-16H2,1-2H3,(H,33,35,39);1H2,(H,9,10). The third kappa shape index (κ3) is 8.78. The van der Waals surface area contributed by atoms with Crippen molar-refractivity contribution < 1.29 is 41.8 Å². The van der Waals surface area contributed by atoms with E-state index >= 15 is 4.39 Å². The Morgan fingerprint density at radius 3 is 2.29 bits per heavy atom. The first-order valence-corrected chi connectivity index (χ1v) is 16.5. The van der Waals surface area contributed by atoms with Gasteiger partial charge in [-0.2, -0.15) is 13.2 Å². The summed E-state index contributed by atoms with van der Waals surface area (Å²) in [6.45, 7) is 3.99. The van der Waals surface area contributed by atoms with E-state index in [1.54, 1.807) is 29.8 Å². The Morgan fingerprint density at radius 2 is 1.69 bits per heavy atom. The number of aliphatic carboxylic acids is 1. The maximum absolute atomic E-state index is 15.3. The molecule has 0 aliphatic carbocycles. The molecule has 0 saturated carbocycles. The molecule has 0 radical (unpaired) electrons. The first-order valence-electron chi connectivity index (χ1n) is 15.7. The molecule has 52 heavy (non-hydrogen) atoms. The first-order chi connectivity index (χ1) is 24.8. The van der Waals surface area contributed by atoms with E-state index in [0.29, 0.717) is 16.0 Å². The molecule has 1 fully saturated rings. The average Bonchev–Trinajstić information content (AvgIpc) is 3.63. The zero-order chi connectivity index (χ0) is 37.6. The Hall–Kier alpha value is -5.68. The quantitative estimate of drug-likeness (QED) is 0.152. The van der Waals surface area contributed by atoms with Crippen LogP contribution in [0.3, 0.4) is 0 Å². The van der Waals surface area contributed by atoms with E-state index in [0.717, 1.165) is 47.6 Å². The zero-order valence-electron chi connectivity index (χ0n) is 27.8. The van der Waals surface area contributed by atoms with Crippen LogP contribution in [0.1, 0.15) is 18.0 Å². The Morgan fingerprint density at radius 1 is 1.00 bits per heavy atom. The lowest BCUT2D eigenvalue weighted by atomic mass is 10.0. The van der Waals surface area contributed by atoms with Crippen molar-refractivity contribution in [3.8, 4) is 16.9 Å². The third-order valence-electron chi connectivity index (χ3n) is 8.17. The van der Waals surface area contributed by atoms with Gasteiger partial charge in [0.2, 0.25) is 5.78 Å². The fourth-order valence-corrected chi connectivity index (χ4v) is 6.01. The average molecular weight is 741 g/mol. The SMILES string of the molecule is COc1cccc(F)c1C(C(=O)Nc1nccs1)n1cnc2ccc(-c3ccc(N4CCN(C)CC4)cc3)cc2c1=O.O=C(O)CC(=O)C(F)(F)F. The van der Waals surface area contributed by atoms with E-state index < -0.39 is 47.7 Å². The van der Waals surface area contributed by atoms with Crippen LogP contribution in [0, 0.1) is 5.82 Å². The summed E-state index contributed by atoms with van der Waals surface area (Å²) in [5, 5.41) is 12.8. The topological polar surface area (TPSA) is 147 Å². The molecule has 17 heteroatoms. The van der Waals surface area contributed by atoms with Crippen molar-refractivity contribution in [3.63, 3.8) is 0 Å². The minimum atomic E-state index is -5.03. The summed E-state index contributed by atoms with van der Waals surface area (Å²) in [5.74, 6) is -5.21. The number of fused-ring (bicyclic) bond motifs is 1. The number of piperazine rings is 1. The van der Waals surface area contributed by atoms with Crippen molar-refractivity contribution in [2.24, 2.45) is 0 Å². The van der Waals surface area contributed by atoms with Crippen molar-refractivity contribution >= 4 is 50.7 Å². The zero-order valence-corrected chi connectivity index (χ0v) is 28.6. The van der Waals surface area contributed by atoms with Crippen molar-refractivity contribution in [3.05, 3.63) is 100 Å². The number of carboxylic acids is 1. The van der Waals surface area contributed by atoms with Crippen molar-refractivity contribution in [1.29, 1.82) is 0 Å². The third-order valence-corrected chi connectivity index (χ3v) is 8.86. The molecule has 3 aromatic carbocycles. The van der Waals surface area contributed by atoms with Crippen LogP contribution in [-0.4, -0.2) is 88.7 Å². The monoisotopic (exact) mass is 740 g/mol. The van der Waals surface area contributed by atoms with Gasteiger partial charge in [0.1, 0.15) is 24.0 Å². The Balaban J connectivity index is 0.000000459. The summed E-state index contributed by atoms with van der Waals surface area (Å²) < 4.78 is 55.5. The molecular weight excluding hydrogens is 708 g/mol. The minimum absolute atomic E-state index is 0.0760. The summed E-state index contributed by atoms with van der Waals surface area (Å²) in [7, 11) is 3.52. The number of anilines is 2. The molecule has 1 unspecified atom stereocenters. The van der Waals surface area contributed by atoms with Gasteiger partial charge in [0.15, 0.2) is 5.13 Å². The summed E-state index contributed by atoms with van der Waals surface area (Å²) in [6, 6.07) is 16.6. The maximum Gasteiger partial charge on any atom is 0.450 e. The number of ether oxygens (including phenoxy) is 1. The molecule has 12 nitrogen and oxygen atoms in total. The van der Waals surface area contributed by atoms with Crippen LogP contribution < -0.4 is 20.5 Å². The van der Waals surface area contributed by atoms with Gasteiger partial charge in [-0.1, -0.05) is 24.3 Å². The number of methoxy groups -OCH3 is 1. The molecule has 6 rings (SSSR count). The number of Topliss-reactive ketones (excluding diaryl/α,β-unsaturated/α-hetero) is 1. The number of benzene rings is 3. The van der Waals surface area contributed by atoms with Crippen LogP contribution in [0.5, 0.6) is 5.75 Å². The summed E-state index contributed by atoms with van der Waals surface area (Å²) in [5.41, 5.74) is 2.83. The van der Waals surface area contributed by atoms with Gasteiger partial charge in [-0.25, -0.2) is 14.4 Å². The van der Waals surface area contributed by atoms with Gasteiger partial charge in [-0.3, -0.25) is 29.1 Å². The second-order valence-corrected chi connectivity index (χ2v) is 12.5. The number of amides is 1. The highest BCUT2D eigenvalue weighted by molar-refractivity contribution is 7.13. The smallest absolute Gasteiger partial charge is 0.450 e. The molecule has 272 valence electrons. The molecule has 1 atom stereocenters. The van der Waals surface area contributed by atoms with Gasteiger partial charge in [0.05, 0.1) is 29.9 Å². The van der Waals surface area contributed by atoms with Gasteiger partial charge >= 0.3 is 12.1 Å². The normalized spacial score (nSPS) is 13.9. The molecule has 3 heterocycles. The van der Waals surface area contributed by atoms with Gasteiger partial charge in [0, 0.05) is 43.4 Å². The lowest BCUT2D eigenvalue weighted by Crippen LogP contribution is -2.44. The number of hydrogen-bond acceptors (Lipinski definition) is 10. The molecule has 2 N–H and O–H groups in total. The molecule has 1 aliphatic rings. The van der Waals surface area contributed by atoms with Gasteiger partial charge < -0.3 is 19.6 Å². The fraction of sp³-hybridized carbons (Fsp3) is 0.257. The minimum Gasteiger partial charge on any atom is -0.496 e. The van der Waals surface area contributed by atoms with Crippen molar-refractivity contribution in [1.82, 2.24) is 19.4 Å². The number of hydrogen-bond donors (Lipinski definition) is 2. The van der Waals surface area contributed by atoms with Gasteiger partial charge in [0.25, 0.3) is 11.5 Å². The van der Waals surface area contributed by atoms with E-state index in [1.807, 2.05) is 18.2 Å². The lowest BCUT2D eigenvalue weighted by Gasteiger charge is -2.34. The van der Waals surface area contributed by atoms with Crippen LogP contribution in [0.4, 0.5) is 28.4 Å². The summed E-state index contributed by atoms with van der Waals surface area (Å²) in [6.07, 6.45) is -3.71. The fourth-order valence-electron chi connectivity index (χ4n) is 5.48. The number of carbonyl (C=O) groups is 3. The number of nitrogens with zero attached hydrogens (tertiary/aromatic N) is 5. The Bertz CT molecular complexity index is 2120. The predicted molar refractivity (Wildman–Crippen MR) is 186 cm³/mol. The highest BCUT2D eigenvalue weighted by Crippen LogP contribution is 2.32. The van der Waals surface area contributed by atoms with E-state index in [-0.39, 0.29) is 11.3 Å². The first kappa shape index (κ1) is 37.6. The Labute approximate surface area is 297 Å². The lowest BCUT2D eigenvalue weighted by molar-refractivity contribution is -0.173. The van der Waals surface area contributed by atoms with Crippen LogP contribution in [0.15, 0.2) is 83.4 Å². The maximum atomic E-state index is 15.3. The van der Waals surface area contributed by atoms with Crippen molar-refractivity contribution in [2.75, 3.05) is 50.6 Å². The van der Waals surface area contributed by atoms with Crippen LogP contribution in [0.25, 0.3) is 22.0 Å². The van der Waals surface area contributed by atoms with Gasteiger partial charge in [-0.15, -0.1) is 11.3 Å². The molecule has 2 aromatic heterocycles. The number of carboxylic acid groups (broad SMARTS) is 1. The second-order valence-electron chi connectivity index (χ2n) is 11.6. The number of thiazole rings is 1. The number of carbonyl (C=O) groups excluding carboxylic acids is 2. The molecule has 0 spiro atoms. The highest BCUT2D eigenvalue weighted by atomic mass is 32.1. The van der Waals surface area contributed by atoms with Crippen LogP contribution in [-0.2, 0) is 14.4 Å². The second kappa shape index (κ2) is 16.1. The van der Waals surface area contributed by atoms with Crippen LogP contribution >= 0.6 is 11.3 Å². The van der Waals surface area contributed by atoms with E-state index in [2.05, 4.69) is 44.3 Å². The van der Waals surface area contributed by atoms with Crippen LogP contribution in [0.2, 0.25) is 0 Å². The number of aromatic nitrogens is 3. The molecule has 1 saturated heterocycles. The van der Waals surface area contributed by atoms with E-state index in [9.17, 15) is 32.3 Å². The number of nitrogens with one attached hydrogen (secondary N) is 1. The Kier molecular flexibility index (Phi) is 11.6. The van der Waals surface area contributed by atoms with Crippen molar-refractivity contribution in [2.45, 2.75) is 18.6 Å².